The van der Waals surface area contributed by atoms with Gasteiger partial charge in [0.2, 0.25) is 0 Å². The molecule has 0 bridgehead atoms. The third-order valence-corrected chi connectivity index (χ3v) is 7.07. The molecule has 1 unspecified atom stereocenters. The Kier molecular flexibility index (Phi) is 7.99. The summed E-state index contributed by atoms with van der Waals surface area (Å²) in [6.45, 7) is -0.250. The first-order chi connectivity index (χ1) is 20.0. The van der Waals surface area contributed by atoms with Crippen LogP contribution in [0.25, 0.3) is 11.1 Å². The quantitative estimate of drug-likeness (QED) is 0.262. The van der Waals surface area contributed by atoms with Crippen LogP contribution in [0.15, 0.2) is 73.1 Å². The van der Waals surface area contributed by atoms with Gasteiger partial charge in [-0.2, -0.15) is 18.3 Å². The number of nitrogens with one attached hydrogen (secondary N) is 2. The van der Waals surface area contributed by atoms with E-state index in [4.69, 9.17) is 4.74 Å². The van der Waals surface area contributed by atoms with Crippen molar-refractivity contribution in [1.29, 1.82) is 0 Å². The van der Waals surface area contributed by atoms with Gasteiger partial charge in [0.15, 0.2) is 0 Å². The van der Waals surface area contributed by atoms with Crippen molar-refractivity contribution in [2.24, 2.45) is 0 Å². The van der Waals surface area contributed by atoms with Crippen molar-refractivity contribution in [3.05, 3.63) is 107 Å². The van der Waals surface area contributed by atoms with Crippen LogP contribution < -0.4 is 10.1 Å². The van der Waals surface area contributed by atoms with Crippen molar-refractivity contribution in [3.8, 4) is 16.9 Å². The minimum atomic E-state index is -4.72. The Morgan fingerprint density at radius 2 is 1.93 bits per heavy atom. The molecule has 1 aromatic heterocycles. The number of hydrogen-bond acceptors (Lipinski definition) is 5. The zero-order chi connectivity index (χ0) is 30.0. The van der Waals surface area contributed by atoms with Crippen LogP contribution in [-0.4, -0.2) is 51.8 Å². The molecule has 42 heavy (non-hydrogen) atoms. The Hall–Kier alpha value is -4.71. The van der Waals surface area contributed by atoms with E-state index in [-0.39, 0.29) is 36.5 Å². The molecule has 8 nitrogen and oxygen atoms in total. The number of rotatable bonds is 7. The Balaban J connectivity index is 1.33. The number of aliphatic hydroxyl groups excluding tert-OH is 1. The Labute approximate surface area is 237 Å². The Morgan fingerprint density at radius 3 is 2.64 bits per heavy atom. The van der Waals surface area contributed by atoms with Gasteiger partial charge in [0.1, 0.15) is 11.6 Å². The van der Waals surface area contributed by atoms with Crippen molar-refractivity contribution in [1.82, 2.24) is 20.4 Å². The standard InChI is InChI=1S/C30H26F4N4O4/c1-42-27-10-20(5-6-25(27)21-14-36-37-15-21)29(41)38-16-24(39)12-26(38)18-3-2-4-19(9-18)28(40)35-13-17-7-22(30(32,33)34)11-23(31)8-17/h2-11,14-15,24,26,39H,12-13,16H2,1H3,(H,35,40)(H,36,37)/t24?,26-/m1/s1. The van der Waals surface area contributed by atoms with Gasteiger partial charge in [-0.25, -0.2) is 4.39 Å². The molecule has 2 amide bonds. The number of aromatic nitrogens is 2. The maximum absolute atomic E-state index is 13.7. The molecule has 1 saturated heterocycles. The number of alkyl halides is 3. The van der Waals surface area contributed by atoms with Crippen LogP contribution in [0, 0.1) is 5.82 Å². The van der Waals surface area contributed by atoms with E-state index in [1.54, 1.807) is 48.8 Å². The zero-order valence-corrected chi connectivity index (χ0v) is 22.3. The van der Waals surface area contributed by atoms with Gasteiger partial charge in [-0.15, -0.1) is 0 Å². The van der Waals surface area contributed by atoms with Crippen LogP contribution in [0.4, 0.5) is 17.6 Å². The summed E-state index contributed by atoms with van der Waals surface area (Å²) in [5.41, 5.74) is 1.48. The largest absolute Gasteiger partial charge is 0.496 e. The predicted octanol–water partition coefficient (Wildman–Crippen LogP) is 5.12. The summed E-state index contributed by atoms with van der Waals surface area (Å²) in [6, 6.07) is 13.0. The Bertz CT molecular complexity index is 1610. The van der Waals surface area contributed by atoms with Gasteiger partial charge < -0.3 is 20.1 Å². The molecule has 12 heteroatoms. The summed E-state index contributed by atoms with van der Waals surface area (Å²) < 4.78 is 58.3. The van der Waals surface area contributed by atoms with E-state index >= 15 is 0 Å². The maximum Gasteiger partial charge on any atom is 0.416 e. The fourth-order valence-electron chi connectivity index (χ4n) is 5.07. The second kappa shape index (κ2) is 11.6. The lowest BCUT2D eigenvalue weighted by Crippen LogP contribution is -2.32. The predicted molar refractivity (Wildman–Crippen MR) is 144 cm³/mol. The number of amides is 2. The van der Waals surface area contributed by atoms with Crippen molar-refractivity contribution in [3.63, 3.8) is 0 Å². The molecular formula is C30H26F4N4O4. The van der Waals surface area contributed by atoms with E-state index in [1.807, 2.05) is 0 Å². The number of H-pyrrole nitrogens is 1. The van der Waals surface area contributed by atoms with Gasteiger partial charge in [-0.05, 0) is 66.1 Å². The van der Waals surface area contributed by atoms with Crippen molar-refractivity contribution >= 4 is 11.8 Å². The highest BCUT2D eigenvalue weighted by Gasteiger charge is 2.36. The van der Waals surface area contributed by atoms with E-state index in [9.17, 15) is 32.3 Å². The average Bonchev–Trinajstić information content (AvgIpc) is 3.65. The molecule has 0 aliphatic carbocycles. The second-order valence-corrected chi connectivity index (χ2v) is 9.92. The fourth-order valence-corrected chi connectivity index (χ4v) is 5.07. The third-order valence-electron chi connectivity index (χ3n) is 7.07. The topological polar surface area (TPSA) is 108 Å². The molecular weight excluding hydrogens is 556 g/mol. The molecule has 2 atom stereocenters. The summed E-state index contributed by atoms with van der Waals surface area (Å²) >= 11 is 0. The number of likely N-dealkylation sites (tertiary alicyclic amines) is 1. The monoisotopic (exact) mass is 582 g/mol. The van der Waals surface area contributed by atoms with Crippen LogP contribution in [-0.2, 0) is 12.7 Å². The second-order valence-electron chi connectivity index (χ2n) is 9.92. The van der Waals surface area contributed by atoms with E-state index in [1.165, 1.54) is 18.1 Å². The highest BCUT2D eigenvalue weighted by Crippen LogP contribution is 2.36. The van der Waals surface area contributed by atoms with Crippen LogP contribution >= 0.6 is 0 Å². The lowest BCUT2D eigenvalue weighted by atomic mass is 10.00. The van der Waals surface area contributed by atoms with Crippen LogP contribution in [0.1, 0.15) is 49.9 Å². The average molecular weight is 583 g/mol. The van der Waals surface area contributed by atoms with Gasteiger partial charge in [0, 0.05) is 41.5 Å². The number of carbonyl (C=O) groups excluding carboxylic acids is 2. The number of hydrogen-bond donors (Lipinski definition) is 3. The van der Waals surface area contributed by atoms with Crippen LogP contribution in [0.5, 0.6) is 5.75 Å². The minimum Gasteiger partial charge on any atom is -0.496 e. The molecule has 3 aromatic carbocycles. The number of β-amino-alcohol motifs (C(OH)–C–C–N with tert-alkyl or cyclic N) is 1. The van der Waals surface area contributed by atoms with Crippen molar-refractivity contribution in [2.45, 2.75) is 31.3 Å². The molecule has 0 saturated carbocycles. The number of ether oxygens (including phenoxy) is 1. The SMILES string of the molecule is COc1cc(C(=O)N2CC(O)C[C@@H]2c2cccc(C(=O)NCc3cc(F)cc(C(F)(F)F)c3)c2)ccc1-c1cn[nH]c1. The summed E-state index contributed by atoms with van der Waals surface area (Å²) in [7, 11) is 1.50. The number of benzene rings is 3. The molecule has 1 fully saturated rings. The van der Waals surface area contributed by atoms with Gasteiger partial charge in [-0.3, -0.25) is 14.7 Å². The van der Waals surface area contributed by atoms with E-state index < -0.39 is 35.6 Å². The molecule has 5 rings (SSSR count). The Morgan fingerprint density at radius 1 is 1.12 bits per heavy atom. The number of halogens is 4. The first-order valence-electron chi connectivity index (χ1n) is 12.9. The summed E-state index contributed by atoms with van der Waals surface area (Å²) in [5.74, 6) is -1.52. The molecule has 0 spiro atoms. The van der Waals surface area contributed by atoms with Crippen LogP contribution in [0.3, 0.4) is 0 Å². The third kappa shape index (κ3) is 6.13. The molecule has 1 aliphatic heterocycles. The summed E-state index contributed by atoms with van der Waals surface area (Å²) in [6.07, 6.45) is -1.94. The van der Waals surface area contributed by atoms with E-state index in [0.29, 0.717) is 22.9 Å². The lowest BCUT2D eigenvalue weighted by Gasteiger charge is -2.25. The highest BCUT2D eigenvalue weighted by atomic mass is 19.4. The van der Waals surface area contributed by atoms with Gasteiger partial charge >= 0.3 is 6.18 Å². The fraction of sp³-hybridized carbons (Fsp3) is 0.233. The first kappa shape index (κ1) is 28.8. The number of aliphatic hydroxyl groups is 1. The van der Waals surface area contributed by atoms with Gasteiger partial charge in [0.05, 0.1) is 31.0 Å². The first-order valence-corrected chi connectivity index (χ1v) is 12.9. The van der Waals surface area contributed by atoms with E-state index in [0.717, 1.165) is 23.3 Å². The minimum absolute atomic E-state index is 0.0447. The molecule has 0 radical (unpaired) electrons. The smallest absolute Gasteiger partial charge is 0.416 e. The van der Waals surface area contributed by atoms with Gasteiger partial charge in [0.25, 0.3) is 11.8 Å². The van der Waals surface area contributed by atoms with E-state index in [2.05, 4.69) is 15.5 Å². The summed E-state index contributed by atoms with van der Waals surface area (Å²) in [5, 5.41) is 19.7. The number of aromatic amines is 1. The molecule has 3 N–H and O–H groups in total. The lowest BCUT2D eigenvalue weighted by molar-refractivity contribution is -0.137. The zero-order valence-electron chi connectivity index (χ0n) is 22.3. The number of carbonyl (C=O) groups is 2. The molecule has 4 aromatic rings. The van der Waals surface area contributed by atoms with Gasteiger partial charge in [-0.1, -0.05) is 12.1 Å². The van der Waals surface area contributed by atoms with Crippen molar-refractivity contribution < 1.29 is 37.0 Å². The van der Waals surface area contributed by atoms with Crippen LogP contribution in [0.2, 0.25) is 0 Å². The highest BCUT2D eigenvalue weighted by molar-refractivity contribution is 5.96. The molecule has 1 aliphatic rings. The summed E-state index contributed by atoms with van der Waals surface area (Å²) in [4.78, 5) is 28.0. The normalized spacial score (nSPS) is 16.9. The maximum atomic E-state index is 13.7. The molecule has 2 heterocycles. The van der Waals surface area contributed by atoms with Crippen molar-refractivity contribution in [2.75, 3.05) is 13.7 Å². The number of nitrogens with zero attached hydrogens (tertiary/aromatic N) is 2. The molecule has 218 valence electrons. The number of methoxy groups -OCH3 is 1.